The molecule has 1 saturated heterocycles. The van der Waals surface area contributed by atoms with Gasteiger partial charge in [0.2, 0.25) is 5.91 Å². The first kappa shape index (κ1) is 12.4. The van der Waals surface area contributed by atoms with E-state index in [4.69, 9.17) is 4.74 Å². The highest BCUT2D eigenvalue weighted by atomic mass is 16.5. The van der Waals surface area contributed by atoms with E-state index in [-0.39, 0.29) is 11.8 Å². The zero-order valence-corrected chi connectivity index (χ0v) is 10.4. The Balaban J connectivity index is 2.25. The zero-order chi connectivity index (χ0) is 13.3. The van der Waals surface area contributed by atoms with Gasteiger partial charge in [-0.1, -0.05) is 12.2 Å². The predicted molar refractivity (Wildman–Crippen MR) is 68.6 cm³/mol. The van der Waals surface area contributed by atoms with Gasteiger partial charge in [0.1, 0.15) is 18.1 Å². The van der Waals surface area contributed by atoms with Gasteiger partial charge >= 0.3 is 0 Å². The van der Waals surface area contributed by atoms with E-state index >= 15 is 0 Å². The summed E-state index contributed by atoms with van der Waals surface area (Å²) in [4.78, 5) is 24.6. The van der Waals surface area contributed by atoms with Crippen LogP contribution in [0.2, 0.25) is 0 Å². The van der Waals surface area contributed by atoms with Crippen LogP contribution in [0.15, 0.2) is 36.4 Å². The van der Waals surface area contributed by atoms with Crippen molar-refractivity contribution in [3.05, 3.63) is 36.4 Å². The zero-order valence-electron chi connectivity index (χ0n) is 10.4. The molecule has 1 aromatic carbocycles. The monoisotopic (exact) mass is 245 g/mol. The van der Waals surface area contributed by atoms with Crippen LogP contribution in [0.3, 0.4) is 0 Å². The summed E-state index contributed by atoms with van der Waals surface area (Å²) >= 11 is 0. The molecule has 1 amide bonds. The maximum atomic E-state index is 12.0. The van der Waals surface area contributed by atoms with Gasteiger partial charge in [-0.3, -0.25) is 4.79 Å². The van der Waals surface area contributed by atoms with E-state index in [1.165, 1.54) is 4.90 Å². The topological polar surface area (TPSA) is 46.6 Å². The van der Waals surface area contributed by atoms with Gasteiger partial charge in [0, 0.05) is 5.69 Å². The van der Waals surface area contributed by atoms with E-state index in [1.807, 2.05) is 0 Å². The van der Waals surface area contributed by atoms with Gasteiger partial charge in [0.15, 0.2) is 0 Å². The Labute approximate surface area is 106 Å². The van der Waals surface area contributed by atoms with Crippen LogP contribution in [-0.4, -0.2) is 25.3 Å². The van der Waals surface area contributed by atoms with E-state index in [0.717, 1.165) is 11.9 Å². The summed E-state index contributed by atoms with van der Waals surface area (Å²) in [5.41, 5.74) is 1.43. The van der Waals surface area contributed by atoms with Crippen molar-refractivity contribution in [1.82, 2.24) is 0 Å². The smallest absolute Gasteiger partial charge is 0.237 e. The molecule has 0 spiro atoms. The minimum Gasteiger partial charge on any atom is -0.497 e. The van der Waals surface area contributed by atoms with Gasteiger partial charge in [-0.05, 0) is 31.2 Å². The van der Waals surface area contributed by atoms with Crippen molar-refractivity contribution in [3.8, 4) is 5.75 Å². The molecule has 2 rings (SSSR count). The first-order valence-electron chi connectivity index (χ1n) is 5.68. The molecule has 1 aliphatic heterocycles. The third-order valence-electron chi connectivity index (χ3n) is 3.16. The lowest BCUT2D eigenvalue weighted by atomic mass is 9.83. The molecule has 0 saturated carbocycles. The molecule has 4 nitrogen and oxygen atoms in total. The number of ether oxygens (including phenoxy) is 1. The van der Waals surface area contributed by atoms with Gasteiger partial charge < -0.3 is 14.4 Å². The number of anilines is 1. The molecule has 0 radical (unpaired) electrons. The highest BCUT2D eigenvalue weighted by Gasteiger charge is 2.48. The average Bonchev–Trinajstić information content (AvgIpc) is 2.36. The summed E-state index contributed by atoms with van der Waals surface area (Å²) in [6.07, 6.45) is 0.797. The molecule has 0 aromatic heterocycles. The molecular formula is C14H15NO3. The third-order valence-corrected chi connectivity index (χ3v) is 3.16. The van der Waals surface area contributed by atoms with Crippen molar-refractivity contribution in [3.63, 3.8) is 0 Å². The normalized spacial score (nSPS) is 22.3. The molecule has 1 aromatic rings. The Bertz CT molecular complexity index is 492. The van der Waals surface area contributed by atoms with E-state index in [2.05, 4.69) is 6.58 Å². The molecule has 0 N–H and O–H groups in total. The summed E-state index contributed by atoms with van der Waals surface area (Å²) in [6, 6.07) is 6.62. The van der Waals surface area contributed by atoms with Crippen LogP contribution < -0.4 is 9.64 Å². The fourth-order valence-electron chi connectivity index (χ4n) is 2.19. The van der Waals surface area contributed by atoms with Crippen molar-refractivity contribution in [2.45, 2.75) is 13.0 Å². The molecule has 0 unspecified atom stereocenters. The third kappa shape index (κ3) is 1.79. The molecule has 2 atom stereocenters. The van der Waals surface area contributed by atoms with E-state index in [1.54, 1.807) is 38.3 Å². The van der Waals surface area contributed by atoms with E-state index in [0.29, 0.717) is 11.4 Å². The minimum absolute atomic E-state index is 0.0789. The fraction of sp³-hybridized carbons (Fsp3) is 0.286. The van der Waals surface area contributed by atoms with Crippen LogP contribution in [0.4, 0.5) is 5.69 Å². The Kier molecular flexibility index (Phi) is 3.19. The number of β-lactam (4-membered cyclic amide) rings is 1. The van der Waals surface area contributed by atoms with Crippen LogP contribution in [0.25, 0.3) is 0 Å². The van der Waals surface area contributed by atoms with Crippen molar-refractivity contribution in [2.75, 3.05) is 12.0 Å². The number of amides is 1. The number of benzene rings is 1. The van der Waals surface area contributed by atoms with Crippen LogP contribution in [0.5, 0.6) is 5.75 Å². The van der Waals surface area contributed by atoms with Crippen LogP contribution in [-0.2, 0) is 9.59 Å². The first-order chi connectivity index (χ1) is 8.60. The maximum absolute atomic E-state index is 12.0. The van der Waals surface area contributed by atoms with Crippen molar-refractivity contribution in [2.24, 2.45) is 5.92 Å². The molecule has 1 fully saturated rings. The lowest BCUT2D eigenvalue weighted by molar-refractivity contribution is -0.132. The lowest BCUT2D eigenvalue weighted by Crippen LogP contribution is -2.62. The predicted octanol–water partition coefficient (Wildman–Crippen LogP) is 1.80. The number of methoxy groups -OCH3 is 1. The first-order valence-corrected chi connectivity index (χ1v) is 5.68. The number of nitrogens with zero attached hydrogens (tertiary/aromatic N) is 1. The van der Waals surface area contributed by atoms with Crippen molar-refractivity contribution >= 4 is 17.9 Å². The molecule has 0 aliphatic carbocycles. The molecule has 4 heteroatoms. The molecule has 0 bridgehead atoms. The second-order valence-electron chi connectivity index (χ2n) is 4.36. The SMILES string of the molecule is C=C(C)[C@H]1C(=O)N(c2ccc(OC)cc2)[C@H]1C=O. The highest BCUT2D eigenvalue weighted by Crippen LogP contribution is 2.35. The fourth-order valence-corrected chi connectivity index (χ4v) is 2.19. The Morgan fingerprint density at radius 2 is 2.00 bits per heavy atom. The molecule has 94 valence electrons. The summed E-state index contributed by atoms with van der Waals surface area (Å²) < 4.78 is 5.05. The lowest BCUT2D eigenvalue weighted by Gasteiger charge is -2.44. The highest BCUT2D eigenvalue weighted by molar-refractivity contribution is 6.09. The number of hydrogen-bond donors (Lipinski definition) is 0. The molecule has 1 heterocycles. The number of rotatable bonds is 4. The average molecular weight is 245 g/mol. The van der Waals surface area contributed by atoms with Crippen LogP contribution in [0.1, 0.15) is 6.92 Å². The van der Waals surface area contributed by atoms with Gasteiger partial charge in [-0.15, -0.1) is 0 Å². The van der Waals surface area contributed by atoms with Gasteiger partial charge in [-0.25, -0.2) is 0 Å². The second-order valence-corrected chi connectivity index (χ2v) is 4.36. The molecular weight excluding hydrogens is 230 g/mol. The minimum atomic E-state index is -0.441. The quantitative estimate of drug-likeness (QED) is 0.461. The number of hydrogen-bond acceptors (Lipinski definition) is 3. The van der Waals surface area contributed by atoms with Crippen LogP contribution in [0, 0.1) is 5.92 Å². The summed E-state index contributed by atoms with van der Waals surface area (Å²) in [7, 11) is 1.58. The van der Waals surface area contributed by atoms with Gasteiger partial charge in [-0.2, -0.15) is 0 Å². The number of aldehydes is 1. The second kappa shape index (κ2) is 4.64. The molecule has 18 heavy (non-hydrogen) atoms. The van der Waals surface area contributed by atoms with Gasteiger partial charge in [0.05, 0.1) is 13.0 Å². The van der Waals surface area contributed by atoms with Crippen molar-refractivity contribution in [1.29, 1.82) is 0 Å². The Morgan fingerprint density at radius 1 is 1.39 bits per heavy atom. The van der Waals surface area contributed by atoms with E-state index in [9.17, 15) is 9.59 Å². The summed E-state index contributed by atoms with van der Waals surface area (Å²) in [6.45, 7) is 5.52. The van der Waals surface area contributed by atoms with Crippen LogP contribution >= 0.6 is 0 Å². The maximum Gasteiger partial charge on any atom is 0.237 e. The number of carbonyl (C=O) groups is 2. The largest absolute Gasteiger partial charge is 0.497 e. The molecule has 1 aliphatic rings. The van der Waals surface area contributed by atoms with Crippen molar-refractivity contribution < 1.29 is 14.3 Å². The van der Waals surface area contributed by atoms with Gasteiger partial charge in [0.25, 0.3) is 0 Å². The summed E-state index contributed by atoms with van der Waals surface area (Å²) in [5, 5.41) is 0. The number of carbonyl (C=O) groups excluding carboxylic acids is 2. The standard InChI is InChI=1S/C14H15NO3/c1-9(2)13-12(8-16)15(14(13)17)10-4-6-11(18-3)7-5-10/h4-8,12-13H,1H2,2-3H3/t12-,13+/m0/s1. The Morgan fingerprint density at radius 3 is 2.44 bits per heavy atom. The Hall–Kier alpha value is -2.10. The summed E-state index contributed by atoms with van der Waals surface area (Å²) in [5.74, 6) is 0.250. The van der Waals surface area contributed by atoms with E-state index < -0.39 is 6.04 Å².